The highest BCUT2D eigenvalue weighted by atomic mass is 32.2. The first-order chi connectivity index (χ1) is 19.9. The van der Waals surface area contributed by atoms with Gasteiger partial charge in [-0.1, -0.05) is 55.9 Å². The Labute approximate surface area is 250 Å². The Hall–Kier alpha value is -4.00. The molecule has 9 nitrogen and oxygen atoms in total. The molecule has 0 bridgehead atoms. The fourth-order valence-corrected chi connectivity index (χ4v) is 5.82. The van der Waals surface area contributed by atoms with E-state index in [1.807, 2.05) is 26.0 Å². The minimum atomic E-state index is -0.498. The first kappa shape index (κ1) is 30.0. The van der Waals surface area contributed by atoms with Crippen LogP contribution in [0.25, 0.3) is 6.08 Å². The number of hydrogen-bond acceptors (Lipinski definition) is 9. The van der Waals surface area contributed by atoms with Crippen LogP contribution in [-0.2, 0) is 9.59 Å². The molecule has 1 unspecified atom stereocenters. The molecule has 2 aromatic carbocycles. The van der Waals surface area contributed by atoms with Gasteiger partial charge in [0.15, 0.2) is 0 Å². The van der Waals surface area contributed by atoms with E-state index in [2.05, 4.69) is 30.3 Å². The first-order valence-electron chi connectivity index (χ1n) is 12.8. The number of hydrogen-bond donors (Lipinski definition) is 3. The molecule has 0 saturated heterocycles. The van der Waals surface area contributed by atoms with Crippen LogP contribution in [0.5, 0.6) is 0 Å². The smallest absolute Gasteiger partial charge is 0.272 e. The number of pyridine rings is 1. The minimum absolute atomic E-state index is 0.0633. The van der Waals surface area contributed by atoms with Gasteiger partial charge in [0.1, 0.15) is 5.70 Å². The van der Waals surface area contributed by atoms with Crippen molar-refractivity contribution in [3.63, 3.8) is 0 Å². The highest BCUT2D eigenvalue weighted by Crippen LogP contribution is 2.29. The van der Waals surface area contributed by atoms with E-state index < -0.39 is 11.8 Å². The van der Waals surface area contributed by atoms with Crippen LogP contribution in [0.4, 0.5) is 10.8 Å². The lowest BCUT2D eigenvalue weighted by Gasteiger charge is -2.15. The van der Waals surface area contributed by atoms with Crippen LogP contribution in [-0.4, -0.2) is 43.1 Å². The molecule has 3 N–H and O–H groups in total. The Kier molecular flexibility index (Phi) is 11.1. The van der Waals surface area contributed by atoms with Crippen LogP contribution >= 0.6 is 35.1 Å². The van der Waals surface area contributed by atoms with E-state index in [0.717, 1.165) is 22.2 Å². The van der Waals surface area contributed by atoms with Crippen molar-refractivity contribution in [1.29, 1.82) is 0 Å². The maximum absolute atomic E-state index is 13.3. The summed E-state index contributed by atoms with van der Waals surface area (Å²) in [7, 11) is 0. The van der Waals surface area contributed by atoms with Gasteiger partial charge in [0, 0.05) is 40.1 Å². The minimum Gasteiger partial charge on any atom is -0.321 e. The molecule has 0 fully saturated rings. The lowest BCUT2D eigenvalue weighted by Crippen LogP contribution is -2.30. The van der Waals surface area contributed by atoms with E-state index in [1.54, 1.807) is 73.1 Å². The highest BCUT2D eigenvalue weighted by molar-refractivity contribution is 8.00. The summed E-state index contributed by atoms with van der Waals surface area (Å²) >= 11 is 4.06. The van der Waals surface area contributed by atoms with Crippen LogP contribution < -0.4 is 16.0 Å². The number of aromatic nitrogens is 3. The van der Waals surface area contributed by atoms with Crippen molar-refractivity contribution in [2.45, 2.75) is 35.6 Å². The van der Waals surface area contributed by atoms with Crippen LogP contribution in [0.3, 0.4) is 0 Å². The zero-order chi connectivity index (χ0) is 29.0. The van der Waals surface area contributed by atoms with Crippen LogP contribution in [0.15, 0.2) is 94.9 Å². The van der Waals surface area contributed by atoms with E-state index in [9.17, 15) is 14.4 Å². The van der Waals surface area contributed by atoms with Gasteiger partial charge in [-0.2, -0.15) is 9.36 Å². The van der Waals surface area contributed by atoms with Gasteiger partial charge in [-0.15, -0.1) is 11.8 Å². The second-order valence-electron chi connectivity index (χ2n) is 8.47. The Bertz CT molecular complexity index is 1510. The van der Waals surface area contributed by atoms with E-state index >= 15 is 0 Å². The molecular weight excluding hydrogens is 577 g/mol. The van der Waals surface area contributed by atoms with Gasteiger partial charge in [0.2, 0.25) is 16.2 Å². The average Bonchev–Trinajstić information content (AvgIpc) is 3.43. The first-order valence-corrected chi connectivity index (χ1v) is 15.4. The standard InChI is InChI=1S/C29H28N6O3S3/c1-3-24(27(38)33-28-34-29(35-41-28)39-4-2)40-22-14-8-13-21(17-22)31-26(37)23(16-19-10-9-15-30-18-19)32-25(36)20-11-6-5-7-12-20/h5-18,24H,3-4H2,1-2H3,(H,31,37)(H,32,36)(H,33,34,35,38)/b23-16-. The van der Waals surface area contributed by atoms with E-state index in [-0.39, 0.29) is 16.9 Å². The molecule has 0 aliphatic carbocycles. The third-order valence-corrected chi connectivity index (χ3v) is 8.30. The molecule has 0 spiro atoms. The lowest BCUT2D eigenvalue weighted by molar-refractivity contribution is -0.116. The van der Waals surface area contributed by atoms with Gasteiger partial charge < -0.3 is 10.6 Å². The summed E-state index contributed by atoms with van der Waals surface area (Å²) in [4.78, 5) is 48.3. The van der Waals surface area contributed by atoms with Crippen LogP contribution in [0.1, 0.15) is 36.2 Å². The Balaban J connectivity index is 1.46. The van der Waals surface area contributed by atoms with Crippen LogP contribution in [0, 0.1) is 0 Å². The predicted octanol–water partition coefficient (Wildman–Crippen LogP) is 5.96. The summed E-state index contributed by atoms with van der Waals surface area (Å²) in [5.74, 6) is -0.221. The maximum atomic E-state index is 13.3. The van der Waals surface area contributed by atoms with Gasteiger partial charge in [-0.3, -0.25) is 24.7 Å². The zero-order valence-electron chi connectivity index (χ0n) is 22.4. The largest absolute Gasteiger partial charge is 0.321 e. The number of thioether (sulfide) groups is 2. The topological polar surface area (TPSA) is 126 Å². The molecule has 0 aliphatic heterocycles. The molecular formula is C29H28N6O3S3. The summed E-state index contributed by atoms with van der Waals surface area (Å²) in [6, 6.07) is 19.4. The molecule has 1 atom stereocenters. The molecule has 0 radical (unpaired) electrons. The van der Waals surface area contributed by atoms with Gasteiger partial charge >= 0.3 is 0 Å². The SMILES string of the molecule is CCSc1nsc(NC(=O)C(CC)Sc2cccc(NC(=O)/C(=C/c3cccnc3)NC(=O)c3ccccc3)c2)n1. The molecule has 4 aromatic rings. The molecule has 210 valence electrons. The van der Waals surface area contributed by atoms with Gasteiger partial charge in [-0.05, 0) is 60.2 Å². The van der Waals surface area contributed by atoms with Crippen molar-refractivity contribution in [1.82, 2.24) is 19.7 Å². The average molecular weight is 605 g/mol. The summed E-state index contributed by atoms with van der Waals surface area (Å²) in [6.45, 7) is 3.95. The van der Waals surface area contributed by atoms with Crippen molar-refractivity contribution in [3.05, 3.63) is 95.9 Å². The number of amides is 3. The van der Waals surface area contributed by atoms with Crippen molar-refractivity contribution in [3.8, 4) is 0 Å². The number of benzene rings is 2. The van der Waals surface area contributed by atoms with Crippen molar-refractivity contribution >= 4 is 69.7 Å². The summed E-state index contributed by atoms with van der Waals surface area (Å²) in [5, 5.41) is 9.17. The lowest BCUT2D eigenvalue weighted by atomic mass is 10.2. The van der Waals surface area contributed by atoms with Gasteiger partial charge in [-0.25, -0.2) is 0 Å². The van der Waals surface area contributed by atoms with E-state index in [0.29, 0.717) is 33.5 Å². The Morgan fingerprint density at radius 1 is 1.00 bits per heavy atom. The second kappa shape index (κ2) is 15.1. The number of carbonyl (C=O) groups excluding carboxylic acids is 3. The zero-order valence-corrected chi connectivity index (χ0v) is 24.8. The van der Waals surface area contributed by atoms with Crippen molar-refractivity contribution in [2.75, 3.05) is 16.4 Å². The number of nitrogens with zero attached hydrogens (tertiary/aromatic N) is 3. The molecule has 0 aliphatic rings. The Morgan fingerprint density at radius 2 is 1.83 bits per heavy atom. The quantitative estimate of drug-likeness (QED) is 0.134. The molecule has 4 rings (SSSR count). The number of nitrogens with one attached hydrogen (secondary N) is 3. The predicted molar refractivity (Wildman–Crippen MR) is 166 cm³/mol. The molecule has 0 saturated carbocycles. The van der Waals surface area contributed by atoms with Gasteiger partial charge in [0.25, 0.3) is 11.8 Å². The number of rotatable bonds is 12. The van der Waals surface area contributed by atoms with Gasteiger partial charge in [0.05, 0.1) is 5.25 Å². The fraction of sp³-hybridized carbons (Fsp3) is 0.172. The van der Waals surface area contributed by atoms with Crippen molar-refractivity contribution in [2.24, 2.45) is 0 Å². The number of carbonyl (C=O) groups is 3. The monoisotopic (exact) mass is 604 g/mol. The summed E-state index contributed by atoms with van der Waals surface area (Å²) in [6.07, 6.45) is 5.38. The van der Waals surface area contributed by atoms with Crippen molar-refractivity contribution < 1.29 is 14.4 Å². The third kappa shape index (κ3) is 9.00. The maximum Gasteiger partial charge on any atom is 0.272 e. The normalized spacial score (nSPS) is 11.9. The molecule has 41 heavy (non-hydrogen) atoms. The second-order valence-corrected chi connectivity index (χ2v) is 11.7. The van der Waals surface area contributed by atoms with Crippen LogP contribution in [0.2, 0.25) is 0 Å². The van der Waals surface area contributed by atoms with E-state index in [4.69, 9.17) is 0 Å². The molecule has 2 heterocycles. The number of anilines is 2. The Morgan fingerprint density at radius 3 is 2.56 bits per heavy atom. The summed E-state index contributed by atoms with van der Waals surface area (Å²) < 4.78 is 4.24. The summed E-state index contributed by atoms with van der Waals surface area (Å²) in [5.41, 5.74) is 1.66. The van der Waals surface area contributed by atoms with E-state index in [1.165, 1.54) is 23.5 Å². The molecule has 12 heteroatoms. The molecule has 2 aromatic heterocycles. The highest BCUT2D eigenvalue weighted by Gasteiger charge is 2.21. The molecule has 3 amide bonds. The fourth-order valence-electron chi connectivity index (χ4n) is 3.54. The third-order valence-electron chi connectivity index (χ3n) is 5.47.